The Kier molecular flexibility index (Phi) is 3.96. The average Bonchev–Trinajstić information content (AvgIpc) is 3.03. The van der Waals surface area contributed by atoms with Gasteiger partial charge in [-0.2, -0.15) is 0 Å². The topological polar surface area (TPSA) is 41.6 Å². The third-order valence-electron chi connectivity index (χ3n) is 3.24. The van der Waals surface area contributed by atoms with E-state index in [1.54, 1.807) is 24.5 Å². The van der Waals surface area contributed by atoms with Gasteiger partial charge in [0.05, 0.1) is 12.8 Å². The van der Waals surface area contributed by atoms with Gasteiger partial charge in [-0.3, -0.25) is 9.69 Å². The molecular weight excluding hydrogens is 316 g/mol. The number of rotatable bonds is 3. The smallest absolute Gasteiger partial charge is 0.281 e. The number of ether oxygens (including phenoxy) is 1. The fourth-order valence-corrected chi connectivity index (χ4v) is 3.31. The van der Waals surface area contributed by atoms with E-state index in [0.29, 0.717) is 22.2 Å². The molecule has 1 aromatic heterocycles. The summed E-state index contributed by atoms with van der Waals surface area (Å²) in [6, 6.07) is 11.3. The molecule has 0 atom stereocenters. The lowest BCUT2D eigenvalue weighted by molar-refractivity contribution is -0.113. The van der Waals surface area contributed by atoms with Crippen LogP contribution in [-0.4, -0.2) is 18.1 Å². The number of carbonyl (C=O) groups is 1. The average molecular weight is 330 g/mol. The molecule has 4 nitrogen and oxygen atoms in total. The van der Waals surface area contributed by atoms with Crippen LogP contribution in [0.15, 0.2) is 42.1 Å². The van der Waals surface area contributed by atoms with Crippen molar-refractivity contribution in [3.8, 4) is 5.75 Å². The lowest BCUT2D eigenvalue weighted by Crippen LogP contribution is -2.30. The first-order valence-corrected chi connectivity index (χ1v) is 7.88. The molecule has 112 valence electrons. The second-order valence-corrected chi connectivity index (χ2v) is 6.48. The number of carbonyl (C=O) groups excluding carboxylic acids is 1. The van der Waals surface area contributed by atoms with E-state index in [-0.39, 0.29) is 5.91 Å². The van der Waals surface area contributed by atoms with Crippen molar-refractivity contribution >= 4 is 46.3 Å². The molecule has 2 aromatic rings. The summed E-state index contributed by atoms with van der Waals surface area (Å²) in [7, 11) is 1.59. The minimum absolute atomic E-state index is 0.163. The van der Waals surface area contributed by atoms with E-state index < -0.39 is 0 Å². The molecule has 1 amide bonds. The summed E-state index contributed by atoms with van der Waals surface area (Å²) in [6.07, 6.45) is 1.83. The van der Waals surface area contributed by atoms with Gasteiger partial charge in [0.25, 0.3) is 5.91 Å². The fraction of sp³-hybridized carbons (Fsp3) is 0.125. The van der Waals surface area contributed by atoms with Crippen molar-refractivity contribution in [3.63, 3.8) is 0 Å². The Labute approximate surface area is 138 Å². The summed E-state index contributed by atoms with van der Waals surface area (Å²) < 4.78 is 5.20. The number of thiocarbonyl (C=S) groups is 1. The van der Waals surface area contributed by atoms with Crippen molar-refractivity contribution in [2.45, 2.75) is 6.92 Å². The maximum absolute atomic E-state index is 12.6. The maximum Gasteiger partial charge on any atom is 0.281 e. The predicted octanol–water partition coefficient (Wildman–Crippen LogP) is 3.33. The highest BCUT2D eigenvalue weighted by molar-refractivity contribution is 7.80. The van der Waals surface area contributed by atoms with Crippen molar-refractivity contribution in [1.82, 2.24) is 5.32 Å². The van der Waals surface area contributed by atoms with E-state index in [1.807, 2.05) is 43.3 Å². The maximum atomic E-state index is 12.6. The van der Waals surface area contributed by atoms with E-state index in [1.165, 1.54) is 9.78 Å². The molecule has 1 saturated heterocycles. The molecule has 1 aliphatic heterocycles. The van der Waals surface area contributed by atoms with Crippen molar-refractivity contribution in [3.05, 3.63) is 51.8 Å². The van der Waals surface area contributed by atoms with E-state index in [0.717, 1.165) is 4.88 Å². The van der Waals surface area contributed by atoms with Crippen molar-refractivity contribution in [1.29, 1.82) is 0 Å². The second-order valence-electron chi connectivity index (χ2n) is 4.78. The van der Waals surface area contributed by atoms with Crippen LogP contribution in [-0.2, 0) is 4.79 Å². The number of benzene rings is 1. The summed E-state index contributed by atoms with van der Waals surface area (Å²) in [5.74, 6) is 0.517. The molecule has 22 heavy (non-hydrogen) atoms. The lowest BCUT2D eigenvalue weighted by atomic mass is 10.2. The molecule has 0 unspecified atom stereocenters. The first-order chi connectivity index (χ1) is 10.6. The molecule has 1 fully saturated rings. The number of thiophene rings is 1. The van der Waals surface area contributed by atoms with Crippen LogP contribution in [0.25, 0.3) is 6.08 Å². The van der Waals surface area contributed by atoms with Gasteiger partial charge >= 0.3 is 0 Å². The van der Waals surface area contributed by atoms with Crippen molar-refractivity contribution in [2.75, 3.05) is 12.0 Å². The summed E-state index contributed by atoms with van der Waals surface area (Å²) in [5.41, 5.74) is 1.17. The van der Waals surface area contributed by atoms with Gasteiger partial charge in [0.15, 0.2) is 5.11 Å². The molecule has 1 N–H and O–H groups in total. The minimum Gasteiger partial charge on any atom is -0.497 e. The number of amides is 1. The highest BCUT2D eigenvalue weighted by atomic mass is 32.1. The van der Waals surface area contributed by atoms with Crippen LogP contribution in [0.3, 0.4) is 0 Å². The van der Waals surface area contributed by atoms with E-state index >= 15 is 0 Å². The van der Waals surface area contributed by atoms with Gasteiger partial charge in [-0.05, 0) is 49.5 Å². The quantitative estimate of drug-likeness (QED) is 0.692. The van der Waals surface area contributed by atoms with E-state index in [4.69, 9.17) is 17.0 Å². The Morgan fingerprint density at radius 2 is 2.14 bits per heavy atom. The molecule has 1 aromatic carbocycles. The van der Waals surface area contributed by atoms with Crippen LogP contribution >= 0.6 is 23.6 Å². The number of anilines is 1. The highest BCUT2D eigenvalue weighted by Crippen LogP contribution is 2.27. The Morgan fingerprint density at radius 3 is 2.82 bits per heavy atom. The molecule has 0 aliphatic carbocycles. The second kappa shape index (κ2) is 5.90. The van der Waals surface area contributed by atoms with Gasteiger partial charge in [0.2, 0.25) is 0 Å². The number of methoxy groups -OCH3 is 1. The van der Waals surface area contributed by atoms with Crippen LogP contribution in [0.1, 0.15) is 9.75 Å². The van der Waals surface area contributed by atoms with Crippen LogP contribution in [0.4, 0.5) is 5.69 Å². The minimum atomic E-state index is -0.163. The predicted molar refractivity (Wildman–Crippen MR) is 93.2 cm³/mol. The van der Waals surface area contributed by atoms with Crippen LogP contribution in [0, 0.1) is 6.92 Å². The number of nitrogens with zero attached hydrogens (tertiary/aromatic N) is 1. The van der Waals surface area contributed by atoms with Crippen molar-refractivity contribution in [2.24, 2.45) is 0 Å². The molecule has 2 heterocycles. The Morgan fingerprint density at radius 1 is 1.32 bits per heavy atom. The monoisotopic (exact) mass is 330 g/mol. The zero-order valence-corrected chi connectivity index (χ0v) is 13.8. The van der Waals surface area contributed by atoms with Gasteiger partial charge in [-0.25, -0.2) is 0 Å². The van der Waals surface area contributed by atoms with Crippen LogP contribution in [0.5, 0.6) is 5.75 Å². The largest absolute Gasteiger partial charge is 0.497 e. The molecule has 0 bridgehead atoms. The molecule has 6 heteroatoms. The van der Waals surface area contributed by atoms with Crippen LogP contribution in [0.2, 0.25) is 0 Å². The van der Waals surface area contributed by atoms with Crippen LogP contribution < -0.4 is 15.0 Å². The number of hydrogen-bond acceptors (Lipinski definition) is 4. The summed E-state index contributed by atoms with van der Waals surface area (Å²) in [6.45, 7) is 2.03. The highest BCUT2D eigenvalue weighted by Gasteiger charge is 2.32. The molecule has 0 radical (unpaired) electrons. The Balaban J connectivity index is 1.92. The molecule has 1 aliphatic rings. The van der Waals surface area contributed by atoms with E-state index in [9.17, 15) is 4.79 Å². The molecule has 3 rings (SSSR count). The third-order valence-corrected chi connectivity index (χ3v) is 4.47. The molecule has 0 saturated carbocycles. The lowest BCUT2D eigenvalue weighted by Gasteiger charge is -2.14. The SMILES string of the molecule is COc1cccc(N2C(=O)C(=Cc3ccc(C)s3)NC2=S)c1. The summed E-state index contributed by atoms with van der Waals surface area (Å²) in [5, 5.41) is 3.36. The number of aryl methyl sites for hydroxylation is 1. The normalized spacial score (nSPS) is 16.3. The first-order valence-electron chi connectivity index (χ1n) is 6.66. The Bertz CT molecular complexity index is 780. The standard InChI is InChI=1S/C16H14N2O2S2/c1-10-6-7-13(22-10)9-14-15(19)18(16(21)17-14)11-4-3-5-12(8-11)20-2/h3-9H,1-2H3,(H,17,21). The summed E-state index contributed by atoms with van der Waals surface area (Å²) >= 11 is 6.92. The Hall–Kier alpha value is -2.18. The van der Waals surface area contributed by atoms with Gasteiger partial charge in [0.1, 0.15) is 11.4 Å². The molecule has 0 spiro atoms. The van der Waals surface area contributed by atoms with Gasteiger partial charge in [-0.15, -0.1) is 11.3 Å². The van der Waals surface area contributed by atoms with Gasteiger partial charge in [-0.1, -0.05) is 6.07 Å². The zero-order chi connectivity index (χ0) is 15.7. The van der Waals surface area contributed by atoms with Crippen molar-refractivity contribution < 1.29 is 9.53 Å². The zero-order valence-electron chi connectivity index (χ0n) is 12.1. The van der Waals surface area contributed by atoms with Gasteiger partial charge < -0.3 is 10.1 Å². The number of hydrogen-bond donors (Lipinski definition) is 1. The number of nitrogens with one attached hydrogen (secondary N) is 1. The van der Waals surface area contributed by atoms with Gasteiger partial charge in [0, 0.05) is 15.8 Å². The van der Waals surface area contributed by atoms with E-state index in [2.05, 4.69) is 5.32 Å². The first kappa shape index (κ1) is 14.7. The summed E-state index contributed by atoms with van der Waals surface area (Å²) in [4.78, 5) is 16.3. The molecular formula is C16H14N2O2S2. The fourth-order valence-electron chi connectivity index (χ4n) is 2.19. The third kappa shape index (κ3) is 2.75.